The first kappa shape index (κ1) is 11.9. The minimum atomic E-state index is 0.695. The van der Waals surface area contributed by atoms with Gasteiger partial charge >= 0.3 is 0 Å². The average Bonchev–Trinajstić information content (AvgIpc) is 2.48. The van der Waals surface area contributed by atoms with Gasteiger partial charge in [0.15, 0.2) is 0 Å². The van der Waals surface area contributed by atoms with Gasteiger partial charge in [-0.3, -0.25) is 4.98 Å². The van der Waals surface area contributed by atoms with Gasteiger partial charge in [-0.05, 0) is 47.9 Å². The largest absolute Gasteiger partial charge is 0.330 e. The van der Waals surface area contributed by atoms with E-state index in [4.69, 9.17) is 5.73 Å². The van der Waals surface area contributed by atoms with Gasteiger partial charge in [-0.2, -0.15) is 0 Å². The third-order valence-corrected chi connectivity index (χ3v) is 3.32. The summed E-state index contributed by atoms with van der Waals surface area (Å²) in [5, 5.41) is 1.17. The van der Waals surface area contributed by atoms with E-state index in [1.807, 2.05) is 12.3 Å². The van der Waals surface area contributed by atoms with Crippen LogP contribution in [0.3, 0.4) is 0 Å². The van der Waals surface area contributed by atoms with Crippen molar-refractivity contribution in [1.29, 1.82) is 0 Å². The van der Waals surface area contributed by atoms with Crippen molar-refractivity contribution in [3.8, 4) is 11.1 Å². The number of fused-ring (bicyclic) bond motifs is 1. The zero-order chi connectivity index (χ0) is 13.1. The molecule has 0 atom stereocenters. The highest BCUT2D eigenvalue weighted by Gasteiger charge is 2.00. The maximum absolute atomic E-state index is 5.56. The number of benzene rings is 2. The molecule has 2 nitrogen and oxygen atoms in total. The van der Waals surface area contributed by atoms with Gasteiger partial charge in [0.05, 0.1) is 5.52 Å². The van der Waals surface area contributed by atoms with Gasteiger partial charge in [0.1, 0.15) is 0 Å². The first-order chi connectivity index (χ1) is 9.36. The molecule has 0 saturated carbocycles. The minimum Gasteiger partial charge on any atom is -0.330 e. The maximum Gasteiger partial charge on any atom is 0.0702 e. The first-order valence-electron chi connectivity index (χ1n) is 6.51. The van der Waals surface area contributed by atoms with Crippen molar-refractivity contribution in [1.82, 2.24) is 4.98 Å². The quantitative estimate of drug-likeness (QED) is 0.771. The second kappa shape index (κ2) is 5.21. The van der Waals surface area contributed by atoms with Crippen LogP contribution in [-0.2, 0) is 6.42 Å². The maximum atomic E-state index is 5.56. The lowest BCUT2D eigenvalue weighted by atomic mass is 10.0. The number of hydrogen-bond acceptors (Lipinski definition) is 2. The van der Waals surface area contributed by atoms with Crippen LogP contribution in [-0.4, -0.2) is 11.5 Å². The second-order valence-corrected chi connectivity index (χ2v) is 4.65. The molecular formula is C17H16N2. The Balaban J connectivity index is 1.99. The Bertz CT molecular complexity index is 687. The van der Waals surface area contributed by atoms with E-state index in [0.717, 1.165) is 11.9 Å². The van der Waals surface area contributed by atoms with E-state index in [9.17, 15) is 0 Å². The normalized spacial score (nSPS) is 10.8. The van der Waals surface area contributed by atoms with Crippen molar-refractivity contribution >= 4 is 10.9 Å². The van der Waals surface area contributed by atoms with Crippen molar-refractivity contribution in [3.63, 3.8) is 0 Å². The summed E-state index contributed by atoms with van der Waals surface area (Å²) in [6.45, 7) is 0.695. The highest BCUT2D eigenvalue weighted by atomic mass is 14.6. The SMILES string of the molecule is NCCc1ccc(-c2ccc3ncccc3c2)cc1. The summed E-state index contributed by atoms with van der Waals surface area (Å²) >= 11 is 0. The molecular weight excluding hydrogens is 232 g/mol. The van der Waals surface area contributed by atoms with Crippen LogP contribution in [0.4, 0.5) is 0 Å². The summed E-state index contributed by atoms with van der Waals surface area (Å²) in [5.74, 6) is 0. The van der Waals surface area contributed by atoms with Gasteiger partial charge in [-0.15, -0.1) is 0 Å². The van der Waals surface area contributed by atoms with E-state index in [-0.39, 0.29) is 0 Å². The third kappa shape index (κ3) is 2.49. The molecule has 1 aromatic heterocycles. The Labute approximate surface area is 112 Å². The molecule has 2 heteroatoms. The van der Waals surface area contributed by atoms with Gasteiger partial charge < -0.3 is 5.73 Å². The molecule has 3 rings (SSSR count). The number of nitrogens with two attached hydrogens (primary N) is 1. The monoisotopic (exact) mass is 248 g/mol. The minimum absolute atomic E-state index is 0.695. The molecule has 2 N–H and O–H groups in total. The van der Waals surface area contributed by atoms with E-state index in [0.29, 0.717) is 6.54 Å². The standard InChI is InChI=1S/C17H16N2/c18-10-9-13-3-5-14(6-4-13)15-7-8-17-16(12-15)2-1-11-19-17/h1-8,11-12H,9-10,18H2. The van der Waals surface area contributed by atoms with Crippen LogP contribution in [0.25, 0.3) is 22.0 Å². The average molecular weight is 248 g/mol. The lowest BCUT2D eigenvalue weighted by Gasteiger charge is -2.05. The van der Waals surface area contributed by atoms with Crippen LogP contribution in [0.2, 0.25) is 0 Å². The fourth-order valence-corrected chi connectivity index (χ4v) is 2.29. The van der Waals surface area contributed by atoms with Gasteiger partial charge in [0, 0.05) is 11.6 Å². The summed E-state index contributed by atoms with van der Waals surface area (Å²) in [6.07, 6.45) is 2.76. The molecule has 0 radical (unpaired) electrons. The summed E-state index contributed by atoms with van der Waals surface area (Å²) in [6, 6.07) is 19.0. The zero-order valence-electron chi connectivity index (χ0n) is 10.7. The molecule has 0 saturated heterocycles. The van der Waals surface area contributed by atoms with Gasteiger partial charge in [-0.1, -0.05) is 36.4 Å². The van der Waals surface area contributed by atoms with Crippen LogP contribution in [0.15, 0.2) is 60.8 Å². The molecule has 0 spiro atoms. The number of hydrogen-bond donors (Lipinski definition) is 1. The van der Waals surface area contributed by atoms with E-state index >= 15 is 0 Å². The van der Waals surface area contributed by atoms with Crippen LogP contribution in [0.1, 0.15) is 5.56 Å². The highest BCUT2D eigenvalue weighted by Crippen LogP contribution is 2.23. The topological polar surface area (TPSA) is 38.9 Å². The van der Waals surface area contributed by atoms with Crippen LogP contribution in [0, 0.1) is 0 Å². The molecule has 0 aliphatic carbocycles. The van der Waals surface area contributed by atoms with Gasteiger partial charge in [-0.25, -0.2) is 0 Å². The third-order valence-electron chi connectivity index (χ3n) is 3.32. The zero-order valence-corrected chi connectivity index (χ0v) is 10.7. The van der Waals surface area contributed by atoms with E-state index < -0.39 is 0 Å². The first-order valence-corrected chi connectivity index (χ1v) is 6.51. The molecule has 1 heterocycles. The van der Waals surface area contributed by atoms with Crippen LogP contribution in [0.5, 0.6) is 0 Å². The highest BCUT2D eigenvalue weighted by molar-refractivity contribution is 5.84. The molecule has 0 unspecified atom stereocenters. The van der Waals surface area contributed by atoms with Crippen molar-refractivity contribution < 1.29 is 0 Å². The summed E-state index contributed by atoms with van der Waals surface area (Å²) in [7, 11) is 0. The fourth-order valence-electron chi connectivity index (χ4n) is 2.29. The summed E-state index contributed by atoms with van der Waals surface area (Å²) < 4.78 is 0. The number of nitrogens with zero attached hydrogens (tertiary/aromatic N) is 1. The molecule has 2 aromatic carbocycles. The Kier molecular flexibility index (Phi) is 3.25. The lowest BCUT2D eigenvalue weighted by molar-refractivity contribution is 0.969. The Morgan fingerprint density at radius 1 is 0.895 bits per heavy atom. The predicted octanol–water partition coefficient (Wildman–Crippen LogP) is 3.40. The Morgan fingerprint density at radius 3 is 2.47 bits per heavy atom. The van der Waals surface area contributed by atoms with Crippen molar-refractivity contribution in [3.05, 3.63) is 66.4 Å². The molecule has 0 fully saturated rings. The van der Waals surface area contributed by atoms with E-state index in [2.05, 4.69) is 53.5 Å². The molecule has 19 heavy (non-hydrogen) atoms. The Hall–Kier alpha value is -2.19. The second-order valence-electron chi connectivity index (χ2n) is 4.65. The molecule has 0 amide bonds. The van der Waals surface area contributed by atoms with E-state index in [1.54, 1.807) is 0 Å². The number of pyridine rings is 1. The van der Waals surface area contributed by atoms with Crippen molar-refractivity contribution in [2.45, 2.75) is 6.42 Å². The molecule has 0 aliphatic heterocycles. The molecule has 0 aliphatic rings. The van der Waals surface area contributed by atoms with Gasteiger partial charge in [0.2, 0.25) is 0 Å². The van der Waals surface area contributed by atoms with Crippen molar-refractivity contribution in [2.75, 3.05) is 6.54 Å². The lowest BCUT2D eigenvalue weighted by Crippen LogP contribution is -2.02. The number of aromatic nitrogens is 1. The molecule has 0 bridgehead atoms. The van der Waals surface area contributed by atoms with Crippen LogP contribution < -0.4 is 5.73 Å². The molecule has 3 aromatic rings. The number of rotatable bonds is 3. The Morgan fingerprint density at radius 2 is 1.68 bits per heavy atom. The molecule has 94 valence electrons. The van der Waals surface area contributed by atoms with Crippen LogP contribution >= 0.6 is 0 Å². The smallest absolute Gasteiger partial charge is 0.0702 e. The predicted molar refractivity (Wildman–Crippen MR) is 79.9 cm³/mol. The van der Waals surface area contributed by atoms with Gasteiger partial charge in [0.25, 0.3) is 0 Å². The summed E-state index contributed by atoms with van der Waals surface area (Å²) in [5.41, 5.74) is 10.3. The summed E-state index contributed by atoms with van der Waals surface area (Å²) in [4.78, 5) is 4.34. The fraction of sp³-hybridized carbons (Fsp3) is 0.118. The van der Waals surface area contributed by atoms with Crippen molar-refractivity contribution in [2.24, 2.45) is 5.73 Å². The van der Waals surface area contributed by atoms with E-state index in [1.165, 1.54) is 22.1 Å².